The Balaban J connectivity index is 1.63. The molecule has 1 fully saturated rings. The molecule has 0 radical (unpaired) electrons. The molecule has 0 saturated carbocycles. The largest absolute Gasteiger partial charge is 0.393 e. The first-order chi connectivity index (χ1) is 14.9. The predicted molar refractivity (Wildman–Crippen MR) is 123 cm³/mol. The fourth-order valence-electron chi connectivity index (χ4n) is 3.74. The smallest absolute Gasteiger partial charge is 0.168 e. The molecule has 174 valence electrons. The lowest BCUT2D eigenvalue weighted by Gasteiger charge is -2.25. The second-order valence-corrected chi connectivity index (χ2v) is 8.68. The zero-order valence-electron chi connectivity index (χ0n) is 19.6. The van der Waals surface area contributed by atoms with Gasteiger partial charge in [0.25, 0.3) is 0 Å². The lowest BCUT2D eigenvalue weighted by Crippen LogP contribution is -2.30. The first-order valence-electron chi connectivity index (χ1n) is 11.7. The molecule has 1 aromatic carbocycles. The van der Waals surface area contributed by atoms with Crippen LogP contribution in [-0.2, 0) is 25.6 Å². The predicted octanol–water partition coefficient (Wildman–Crippen LogP) is 5.06. The van der Waals surface area contributed by atoms with Gasteiger partial charge < -0.3 is 19.3 Å². The van der Waals surface area contributed by atoms with E-state index in [0.29, 0.717) is 39.1 Å². The lowest BCUT2D eigenvalue weighted by molar-refractivity contribution is -0.174. The highest BCUT2D eigenvalue weighted by atomic mass is 16.7. The number of ketones is 1. The minimum Gasteiger partial charge on any atom is -0.393 e. The van der Waals surface area contributed by atoms with E-state index in [2.05, 4.69) is 20.8 Å². The van der Waals surface area contributed by atoms with Gasteiger partial charge in [0.05, 0.1) is 25.4 Å². The summed E-state index contributed by atoms with van der Waals surface area (Å²) in [5, 5.41) is 10.3. The van der Waals surface area contributed by atoms with Gasteiger partial charge in [0.1, 0.15) is 0 Å². The van der Waals surface area contributed by atoms with E-state index in [4.69, 9.17) is 14.2 Å². The van der Waals surface area contributed by atoms with E-state index in [1.807, 2.05) is 43.3 Å². The number of carbonyl (C=O) groups is 1. The molecule has 0 aliphatic carbocycles. The zero-order chi connectivity index (χ0) is 22.7. The summed E-state index contributed by atoms with van der Waals surface area (Å²) in [5.41, 5.74) is 1.13. The minimum atomic E-state index is -0.466. The molecule has 5 heteroatoms. The molecule has 1 saturated heterocycles. The molecule has 2 rings (SSSR count). The van der Waals surface area contributed by atoms with Crippen molar-refractivity contribution in [2.45, 2.75) is 84.4 Å². The summed E-state index contributed by atoms with van der Waals surface area (Å²) >= 11 is 0. The van der Waals surface area contributed by atoms with Crippen LogP contribution in [0.5, 0.6) is 0 Å². The molecule has 1 aromatic rings. The van der Waals surface area contributed by atoms with Crippen molar-refractivity contribution in [3.8, 4) is 0 Å². The van der Waals surface area contributed by atoms with Gasteiger partial charge in [-0.05, 0) is 43.2 Å². The van der Waals surface area contributed by atoms with E-state index < -0.39 is 11.9 Å². The first kappa shape index (κ1) is 25.7. The maximum absolute atomic E-state index is 12.3. The summed E-state index contributed by atoms with van der Waals surface area (Å²) in [6.07, 6.45) is 6.43. The first-order valence-corrected chi connectivity index (χ1v) is 11.7. The molecule has 0 bridgehead atoms. The van der Waals surface area contributed by atoms with Gasteiger partial charge in [0, 0.05) is 18.9 Å². The Morgan fingerprint density at radius 1 is 1.23 bits per heavy atom. The highest BCUT2D eigenvalue weighted by molar-refractivity contribution is 5.89. The van der Waals surface area contributed by atoms with E-state index in [9.17, 15) is 9.90 Å². The number of aliphatic hydroxyl groups excluding tert-OH is 1. The van der Waals surface area contributed by atoms with Crippen LogP contribution in [0.25, 0.3) is 0 Å². The average molecular weight is 433 g/mol. The highest BCUT2D eigenvalue weighted by Gasteiger charge is 2.39. The lowest BCUT2D eigenvalue weighted by atomic mass is 9.95. The molecule has 0 aromatic heterocycles. The molecule has 1 N–H and O–H groups in total. The van der Waals surface area contributed by atoms with Gasteiger partial charge in [0.2, 0.25) is 0 Å². The normalized spacial score (nSPS) is 21.3. The zero-order valence-corrected chi connectivity index (χ0v) is 19.6. The van der Waals surface area contributed by atoms with Crippen LogP contribution in [0.4, 0.5) is 0 Å². The standard InChI is InChI=1S/C26H40O5/c1-5-26(6-2)30-19-25(31-26)21(4)13-15-23(27)14-12-20(3)24(28)16-17-29-18-22-10-8-7-9-11-22/h7-11,13,15,20-21,24-25,28H,5-6,12,14,16-19H2,1-4H3/b15-13-/t20-,21-,24+,25-/m0/s1. The Labute approximate surface area is 187 Å². The molecule has 4 atom stereocenters. The van der Waals surface area contributed by atoms with Gasteiger partial charge in [-0.1, -0.05) is 64.1 Å². The van der Waals surface area contributed by atoms with E-state index >= 15 is 0 Å². The monoisotopic (exact) mass is 432 g/mol. The molecular formula is C26H40O5. The van der Waals surface area contributed by atoms with Gasteiger partial charge in [0.15, 0.2) is 11.6 Å². The molecule has 1 aliphatic heterocycles. The highest BCUT2D eigenvalue weighted by Crippen LogP contribution is 2.33. The van der Waals surface area contributed by atoms with Crippen molar-refractivity contribution < 1.29 is 24.1 Å². The fourth-order valence-corrected chi connectivity index (χ4v) is 3.74. The average Bonchev–Trinajstić information content (AvgIpc) is 3.24. The molecule has 31 heavy (non-hydrogen) atoms. The number of rotatable bonds is 14. The Morgan fingerprint density at radius 3 is 2.58 bits per heavy atom. The van der Waals surface area contributed by atoms with Crippen molar-refractivity contribution in [3.05, 3.63) is 48.0 Å². The summed E-state index contributed by atoms with van der Waals surface area (Å²) in [6, 6.07) is 10.00. The van der Waals surface area contributed by atoms with Crippen LogP contribution < -0.4 is 0 Å². The van der Waals surface area contributed by atoms with Crippen LogP contribution in [0, 0.1) is 11.8 Å². The quantitative estimate of drug-likeness (QED) is 0.329. The van der Waals surface area contributed by atoms with Gasteiger partial charge in [-0.15, -0.1) is 0 Å². The maximum atomic E-state index is 12.3. The van der Waals surface area contributed by atoms with Gasteiger partial charge in [-0.2, -0.15) is 0 Å². The van der Waals surface area contributed by atoms with Crippen molar-refractivity contribution in [2.75, 3.05) is 13.2 Å². The Kier molecular flexibility index (Phi) is 10.9. The number of allylic oxidation sites excluding steroid dienone is 1. The number of hydrogen-bond acceptors (Lipinski definition) is 5. The van der Waals surface area contributed by atoms with Crippen LogP contribution in [0.3, 0.4) is 0 Å². The minimum absolute atomic E-state index is 0.0134. The summed E-state index contributed by atoms with van der Waals surface area (Å²) in [5.74, 6) is -0.208. The molecule has 0 amide bonds. The van der Waals surface area contributed by atoms with Crippen molar-refractivity contribution in [1.29, 1.82) is 0 Å². The van der Waals surface area contributed by atoms with Crippen LogP contribution >= 0.6 is 0 Å². The number of benzene rings is 1. The molecular weight excluding hydrogens is 392 g/mol. The Bertz CT molecular complexity index is 668. The molecule has 0 unspecified atom stereocenters. The molecule has 1 heterocycles. The van der Waals surface area contributed by atoms with E-state index in [0.717, 1.165) is 18.4 Å². The summed E-state index contributed by atoms with van der Waals surface area (Å²) in [7, 11) is 0. The topological polar surface area (TPSA) is 65.0 Å². The van der Waals surface area contributed by atoms with E-state index in [1.54, 1.807) is 6.08 Å². The number of carbonyl (C=O) groups excluding carboxylic acids is 1. The van der Waals surface area contributed by atoms with Crippen LogP contribution in [0.2, 0.25) is 0 Å². The van der Waals surface area contributed by atoms with Gasteiger partial charge in [-0.3, -0.25) is 4.79 Å². The number of hydrogen-bond donors (Lipinski definition) is 1. The summed E-state index contributed by atoms with van der Waals surface area (Å²) < 4.78 is 17.6. The van der Waals surface area contributed by atoms with Crippen molar-refractivity contribution in [2.24, 2.45) is 11.8 Å². The van der Waals surface area contributed by atoms with E-state index in [-0.39, 0.29) is 23.7 Å². The Hall–Kier alpha value is -1.53. The van der Waals surface area contributed by atoms with Gasteiger partial charge in [-0.25, -0.2) is 0 Å². The molecule has 0 spiro atoms. The SMILES string of the molecule is CCC1(CC)OC[C@@H]([C@@H](C)/C=C\C(=O)CC[C@H](C)[C@H](O)CCOCc2ccccc2)O1. The fraction of sp³-hybridized carbons (Fsp3) is 0.654. The van der Waals surface area contributed by atoms with Crippen LogP contribution in [-0.4, -0.2) is 42.1 Å². The van der Waals surface area contributed by atoms with Crippen molar-refractivity contribution in [1.82, 2.24) is 0 Å². The third-order valence-electron chi connectivity index (χ3n) is 6.30. The van der Waals surface area contributed by atoms with Crippen molar-refractivity contribution in [3.63, 3.8) is 0 Å². The number of ether oxygens (including phenoxy) is 3. The Morgan fingerprint density at radius 2 is 1.94 bits per heavy atom. The van der Waals surface area contributed by atoms with Crippen LogP contribution in [0.15, 0.2) is 42.5 Å². The van der Waals surface area contributed by atoms with Crippen molar-refractivity contribution >= 4 is 5.78 Å². The third kappa shape index (κ3) is 8.49. The number of aliphatic hydroxyl groups is 1. The third-order valence-corrected chi connectivity index (χ3v) is 6.30. The second-order valence-electron chi connectivity index (χ2n) is 8.68. The van der Waals surface area contributed by atoms with Crippen LogP contribution in [0.1, 0.15) is 65.4 Å². The second kappa shape index (κ2) is 13.1. The summed E-state index contributed by atoms with van der Waals surface area (Å²) in [4.78, 5) is 12.3. The maximum Gasteiger partial charge on any atom is 0.168 e. The van der Waals surface area contributed by atoms with E-state index in [1.165, 1.54) is 0 Å². The van der Waals surface area contributed by atoms with Gasteiger partial charge >= 0.3 is 0 Å². The summed E-state index contributed by atoms with van der Waals surface area (Å²) in [6.45, 7) is 9.81. The molecule has 5 nitrogen and oxygen atoms in total. The molecule has 1 aliphatic rings.